The van der Waals surface area contributed by atoms with Crippen molar-refractivity contribution < 1.29 is 9.90 Å². The number of terminal acetylenes is 1. The van der Waals surface area contributed by atoms with Gasteiger partial charge in [0.25, 0.3) is 0 Å². The molecule has 0 amide bonds. The van der Waals surface area contributed by atoms with Crippen molar-refractivity contribution in [1.29, 1.82) is 5.26 Å². The Morgan fingerprint density at radius 2 is 1.89 bits per heavy atom. The van der Waals surface area contributed by atoms with E-state index in [9.17, 15) is 4.79 Å². The first-order valence-corrected chi connectivity index (χ1v) is 5.62. The molecule has 0 aromatic heterocycles. The van der Waals surface area contributed by atoms with Crippen molar-refractivity contribution in [3.05, 3.63) is 34.9 Å². The number of carboxylic acid groups (broad SMARTS) is 1. The van der Waals surface area contributed by atoms with Gasteiger partial charge in [-0.1, -0.05) is 6.58 Å². The topological polar surface area (TPSA) is 61.1 Å². The molecule has 1 N–H and O–H groups in total. The first-order chi connectivity index (χ1) is 8.56. The molecular weight excluding hydrogens is 226 g/mol. The fraction of sp³-hybridized carbons (Fsp3) is 0.333. The average molecular weight is 243 g/mol. The van der Waals surface area contributed by atoms with Crippen LogP contribution in [-0.2, 0) is 4.79 Å². The third-order valence-electron chi connectivity index (χ3n) is 2.74. The van der Waals surface area contributed by atoms with E-state index >= 15 is 0 Å². The molecule has 0 saturated heterocycles. The van der Waals surface area contributed by atoms with Crippen LogP contribution in [0.4, 0.5) is 0 Å². The Hall–Kier alpha value is -2.26. The summed E-state index contributed by atoms with van der Waals surface area (Å²) in [7, 11) is 0. The zero-order valence-corrected chi connectivity index (χ0v) is 10.6. The van der Waals surface area contributed by atoms with Crippen LogP contribution in [-0.4, -0.2) is 11.1 Å². The quantitative estimate of drug-likeness (QED) is 0.470. The zero-order chi connectivity index (χ0) is 14.1. The molecule has 0 saturated carbocycles. The maximum atomic E-state index is 11.1. The molecule has 3 nitrogen and oxygen atoms in total. The first-order valence-electron chi connectivity index (χ1n) is 5.62. The van der Waals surface area contributed by atoms with Crippen molar-refractivity contribution >= 4 is 5.97 Å². The van der Waals surface area contributed by atoms with Gasteiger partial charge in [-0.15, -0.1) is 12.8 Å². The van der Waals surface area contributed by atoms with E-state index in [0.29, 0.717) is 17.6 Å². The predicted octanol–water partition coefficient (Wildman–Crippen LogP) is 3.22. The second-order valence-electron chi connectivity index (χ2n) is 3.93. The average Bonchev–Trinajstić information content (AvgIpc) is 2.40. The molecule has 3 heteroatoms. The van der Waals surface area contributed by atoms with Gasteiger partial charge in [0.15, 0.2) is 0 Å². The number of nitriles is 1. The van der Waals surface area contributed by atoms with Crippen LogP contribution in [0.2, 0.25) is 0 Å². The maximum Gasteiger partial charge on any atom is 0.331 e. The molecule has 94 valence electrons. The molecule has 1 rings (SSSR count). The van der Waals surface area contributed by atoms with Crippen molar-refractivity contribution in [2.24, 2.45) is 0 Å². The van der Waals surface area contributed by atoms with Crippen LogP contribution in [0.1, 0.15) is 32.6 Å². The van der Waals surface area contributed by atoms with Gasteiger partial charge in [0.05, 0.1) is 6.07 Å². The highest BCUT2D eigenvalue weighted by molar-refractivity contribution is 5.88. The normalized spacial score (nSPS) is 15.1. The summed E-state index contributed by atoms with van der Waals surface area (Å²) in [5.74, 6) is -0.843. The molecule has 18 heavy (non-hydrogen) atoms. The van der Waals surface area contributed by atoms with E-state index in [0.717, 1.165) is 30.4 Å². The molecular formula is C15H17NO2. The smallest absolute Gasteiger partial charge is 0.331 e. The Labute approximate surface area is 108 Å². The summed E-state index contributed by atoms with van der Waals surface area (Å²) >= 11 is 0. The van der Waals surface area contributed by atoms with Gasteiger partial charge in [-0.2, -0.15) is 5.26 Å². The molecule has 1 aliphatic rings. The lowest BCUT2D eigenvalue weighted by atomic mass is 9.87. The van der Waals surface area contributed by atoms with Crippen LogP contribution in [0.5, 0.6) is 0 Å². The minimum absolute atomic E-state index is 0.361. The maximum absolute atomic E-state index is 11.1. The number of rotatable bonds is 3. The van der Waals surface area contributed by atoms with E-state index in [-0.39, 0.29) is 0 Å². The number of carboxylic acids is 1. The first kappa shape index (κ1) is 15.7. The molecule has 0 spiro atoms. The van der Waals surface area contributed by atoms with Crippen molar-refractivity contribution in [2.75, 3.05) is 0 Å². The summed E-state index contributed by atoms with van der Waals surface area (Å²) in [6.07, 6.45) is 13.0. The second kappa shape index (κ2) is 7.92. The lowest BCUT2D eigenvalue weighted by Crippen LogP contribution is -2.10. The summed E-state index contributed by atoms with van der Waals surface area (Å²) in [5, 5.41) is 17.7. The molecule has 0 unspecified atom stereocenters. The van der Waals surface area contributed by atoms with Crippen molar-refractivity contribution in [2.45, 2.75) is 32.6 Å². The predicted molar refractivity (Wildman–Crippen MR) is 71.5 cm³/mol. The van der Waals surface area contributed by atoms with E-state index in [4.69, 9.17) is 10.4 Å². The monoisotopic (exact) mass is 243 g/mol. The van der Waals surface area contributed by atoms with Gasteiger partial charge in [0.1, 0.15) is 0 Å². The molecule has 0 aromatic carbocycles. The summed E-state index contributed by atoms with van der Waals surface area (Å²) in [6.45, 7) is 5.41. The van der Waals surface area contributed by atoms with Crippen LogP contribution >= 0.6 is 0 Å². The van der Waals surface area contributed by atoms with Gasteiger partial charge in [-0.25, -0.2) is 4.79 Å². The molecule has 0 atom stereocenters. The van der Waals surface area contributed by atoms with Gasteiger partial charge < -0.3 is 5.11 Å². The van der Waals surface area contributed by atoms with Crippen molar-refractivity contribution in [1.82, 2.24) is 0 Å². The molecule has 0 radical (unpaired) electrons. The number of carbonyl (C=O) groups is 1. The number of hydrogen-bond acceptors (Lipinski definition) is 2. The highest BCUT2D eigenvalue weighted by Gasteiger charge is 2.19. The lowest BCUT2D eigenvalue weighted by Gasteiger charge is -2.18. The third-order valence-corrected chi connectivity index (χ3v) is 2.74. The van der Waals surface area contributed by atoms with Gasteiger partial charge in [-0.05, 0) is 49.8 Å². The fourth-order valence-electron chi connectivity index (χ4n) is 1.96. The Morgan fingerprint density at radius 3 is 2.33 bits per heavy atom. The largest absolute Gasteiger partial charge is 0.478 e. The highest BCUT2D eigenvalue weighted by atomic mass is 16.4. The van der Waals surface area contributed by atoms with Crippen LogP contribution in [0.25, 0.3) is 0 Å². The Bertz CT molecular complexity index is 459. The van der Waals surface area contributed by atoms with Crippen LogP contribution in [0.15, 0.2) is 34.9 Å². The number of nitrogens with zero attached hydrogens (tertiary/aromatic N) is 1. The van der Waals surface area contributed by atoms with E-state index in [1.54, 1.807) is 6.08 Å². The number of hydrogen-bond donors (Lipinski definition) is 1. The van der Waals surface area contributed by atoms with Crippen LogP contribution < -0.4 is 0 Å². The molecule has 1 aliphatic carbocycles. The summed E-state index contributed by atoms with van der Waals surface area (Å²) in [5.41, 5.74) is 2.57. The molecule has 0 fully saturated rings. The minimum atomic E-state index is -0.843. The number of aliphatic carboxylic acids is 1. The molecule has 0 aromatic rings. The standard InChI is InChI=1S/C13H15NO2.C2H2/c1-9(8-14)7-10(2)11-5-3-4-6-12(11)13(15)16;1-2/h7H,1,3-6H2,2H3,(H,15,16);1-2H/b10-7+;. The molecule has 0 heterocycles. The SMILES string of the molecule is C#C.C=C(C#N)/C=C(\C)C1=C(C(=O)O)CCCC1. The van der Waals surface area contributed by atoms with E-state index in [1.807, 2.05) is 13.0 Å². The van der Waals surface area contributed by atoms with E-state index in [2.05, 4.69) is 19.4 Å². The third kappa shape index (κ3) is 4.31. The van der Waals surface area contributed by atoms with E-state index in [1.165, 1.54) is 0 Å². The summed E-state index contributed by atoms with van der Waals surface area (Å²) in [6, 6.07) is 1.94. The summed E-state index contributed by atoms with van der Waals surface area (Å²) < 4.78 is 0. The Morgan fingerprint density at radius 1 is 1.39 bits per heavy atom. The van der Waals surface area contributed by atoms with E-state index < -0.39 is 5.97 Å². The Kier molecular flexibility index (Phi) is 6.93. The lowest BCUT2D eigenvalue weighted by molar-refractivity contribution is -0.132. The van der Waals surface area contributed by atoms with Crippen molar-refractivity contribution in [3.63, 3.8) is 0 Å². The minimum Gasteiger partial charge on any atom is -0.478 e. The van der Waals surface area contributed by atoms with Crippen LogP contribution in [0.3, 0.4) is 0 Å². The Balaban J connectivity index is 0.00000137. The zero-order valence-electron chi connectivity index (χ0n) is 10.6. The number of allylic oxidation sites excluding steroid dienone is 4. The van der Waals surface area contributed by atoms with Crippen molar-refractivity contribution in [3.8, 4) is 18.9 Å². The summed E-state index contributed by atoms with van der Waals surface area (Å²) in [4.78, 5) is 11.1. The highest BCUT2D eigenvalue weighted by Crippen LogP contribution is 2.30. The van der Waals surface area contributed by atoms with Gasteiger partial charge in [0.2, 0.25) is 0 Å². The molecule has 0 aliphatic heterocycles. The van der Waals surface area contributed by atoms with Crippen LogP contribution in [0, 0.1) is 24.2 Å². The van der Waals surface area contributed by atoms with Gasteiger partial charge >= 0.3 is 5.97 Å². The second-order valence-corrected chi connectivity index (χ2v) is 3.93. The molecule has 0 bridgehead atoms. The fourth-order valence-corrected chi connectivity index (χ4v) is 1.96. The van der Waals surface area contributed by atoms with Gasteiger partial charge in [-0.3, -0.25) is 0 Å². The van der Waals surface area contributed by atoms with Gasteiger partial charge in [0, 0.05) is 11.1 Å².